The maximum atomic E-state index is 13.1. The average Bonchev–Trinajstić information content (AvgIpc) is 2.76. The molecule has 0 N–H and O–H groups in total. The fourth-order valence-corrected chi connectivity index (χ4v) is 4.83. The van der Waals surface area contributed by atoms with E-state index in [0.29, 0.717) is 37.5 Å². The van der Waals surface area contributed by atoms with E-state index in [9.17, 15) is 13.2 Å². The summed E-state index contributed by atoms with van der Waals surface area (Å²) in [6, 6.07) is 3.69. The molecule has 1 saturated heterocycles. The minimum Gasteiger partial charge on any atom is -0.341 e. The van der Waals surface area contributed by atoms with E-state index in [0.717, 1.165) is 16.7 Å². The molecule has 1 fully saturated rings. The van der Waals surface area contributed by atoms with E-state index < -0.39 is 10.0 Å². The predicted molar refractivity (Wildman–Crippen MR) is 95.4 cm³/mol. The SMILES string of the molecule is Cc1cc(C)c(S(=O)(=O)N2CCCN(C(=O)C(C)C)CC2)cc1C. The number of hydrogen-bond acceptors (Lipinski definition) is 3. The fraction of sp³-hybridized carbons (Fsp3) is 0.611. The van der Waals surface area contributed by atoms with Crippen LogP contribution >= 0.6 is 0 Å². The van der Waals surface area contributed by atoms with E-state index in [1.807, 2.05) is 40.7 Å². The van der Waals surface area contributed by atoms with Crippen LogP contribution in [0.25, 0.3) is 0 Å². The molecule has 5 nitrogen and oxygen atoms in total. The lowest BCUT2D eigenvalue weighted by Gasteiger charge is -2.24. The van der Waals surface area contributed by atoms with E-state index in [2.05, 4.69) is 0 Å². The average molecular weight is 353 g/mol. The largest absolute Gasteiger partial charge is 0.341 e. The Morgan fingerprint density at radius 2 is 1.58 bits per heavy atom. The summed E-state index contributed by atoms with van der Waals surface area (Å²) < 4.78 is 27.6. The minimum atomic E-state index is -3.53. The first-order valence-corrected chi connectivity index (χ1v) is 9.95. The van der Waals surface area contributed by atoms with Gasteiger partial charge in [-0.15, -0.1) is 0 Å². The van der Waals surface area contributed by atoms with E-state index in [-0.39, 0.29) is 11.8 Å². The van der Waals surface area contributed by atoms with Crippen molar-refractivity contribution in [1.82, 2.24) is 9.21 Å². The third-order valence-corrected chi connectivity index (χ3v) is 6.71. The Kier molecular flexibility index (Phi) is 5.71. The lowest BCUT2D eigenvalue weighted by Crippen LogP contribution is -2.39. The lowest BCUT2D eigenvalue weighted by molar-refractivity contribution is -0.134. The van der Waals surface area contributed by atoms with Crippen molar-refractivity contribution in [1.29, 1.82) is 0 Å². The maximum absolute atomic E-state index is 13.1. The van der Waals surface area contributed by atoms with Crippen LogP contribution in [0, 0.1) is 26.7 Å². The lowest BCUT2D eigenvalue weighted by atomic mass is 10.1. The Labute approximate surface area is 145 Å². The van der Waals surface area contributed by atoms with Crippen molar-refractivity contribution in [3.8, 4) is 0 Å². The third-order valence-electron chi connectivity index (χ3n) is 4.67. The first-order chi connectivity index (χ1) is 11.1. The summed E-state index contributed by atoms with van der Waals surface area (Å²) in [6.07, 6.45) is 0.668. The number of carbonyl (C=O) groups excluding carboxylic acids is 1. The van der Waals surface area contributed by atoms with E-state index in [4.69, 9.17) is 0 Å². The van der Waals surface area contributed by atoms with Gasteiger partial charge >= 0.3 is 0 Å². The molecule has 1 aliphatic heterocycles. The molecule has 1 heterocycles. The number of carbonyl (C=O) groups is 1. The smallest absolute Gasteiger partial charge is 0.243 e. The molecule has 0 aromatic heterocycles. The quantitative estimate of drug-likeness (QED) is 0.840. The van der Waals surface area contributed by atoms with Crippen LogP contribution in [-0.4, -0.2) is 49.7 Å². The molecule has 2 rings (SSSR count). The zero-order valence-corrected chi connectivity index (χ0v) is 16.1. The number of sulfonamides is 1. The molecule has 24 heavy (non-hydrogen) atoms. The number of rotatable bonds is 3. The molecule has 134 valence electrons. The molecule has 0 saturated carbocycles. The number of amides is 1. The van der Waals surface area contributed by atoms with Crippen LogP contribution in [0.2, 0.25) is 0 Å². The second-order valence-electron chi connectivity index (χ2n) is 6.94. The molecule has 0 unspecified atom stereocenters. The van der Waals surface area contributed by atoms with Crippen molar-refractivity contribution >= 4 is 15.9 Å². The van der Waals surface area contributed by atoms with Crippen LogP contribution in [0.4, 0.5) is 0 Å². The Morgan fingerprint density at radius 3 is 2.21 bits per heavy atom. The van der Waals surface area contributed by atoms with E-state index in [1.54, 1.807) is 11.0 Å². The summed E-state index contributed by atoms with van der Waals surface area (Å²) in [5, 5.41) is 0. The van der Waals surface area contributed by atoms with Crippen LogP contribution in [0.15, 0.2) is 17.0 Å². The number of benzene rings is 1. The third kappa shape index (κ3) is 3.81. The molecule has 1 amide bonds. The Bertz CT molecular complexity index is 726. The van der Waals surface area contributed by atoms with Gasteiger partial charge in [-0.2, -0.15) is 4.31 Å². The Balaban J connectivity index is 2.25. The molecule has 1 aromatic rings. The van der Waals surface area contributed by atoms with Crippen molar-refractivity contribution in [3.63, 3.8) is 0 Å². The van der Waals surface area contributed by atoms with Gasteiger partial charge in [0.15, 0.2) is 0 Å². The van der Waals surface area contributed by atoms with Crippen LogP contribution in [-0.2, 0) is 14.8 Å². The molecule has 0 atom stereocenters. The van der Waals surface area contributed by atoms with Crippen molar-refractivity contribution in [3.05, 3.63) is 28.8 Å². The number of nitrogens with zero attached hydrogens (tertiary/aromatic N) is 2. The summed E-state index contributed by atoms with van der Waals surface area (Å²) >= 11 is 0. The summed E-state index contributed by atoms with van der Waals surface area (Å²) in [4.78, 5) is 14.3. The van der Waals surface area contributed by atoms with Gasteiger partial charge in [0, 0.05) is 32.1 Å². The molecule has 1 aliphatic rings. The summed E-state index contributed by atoms with van der Waals surface area (Å²) in [5.41, 5.74) is 2.85. The Morgan fingerprint density at radius 1 is 0.958 bits per heavy atom. The molecular formula is C18H28N2O3S. The molecule has 6 heteroatoms. The van der Waals surface area contributed by atoms with Gasteiger partial charge in [-0.3, -0.25) is 4.79 Å². The maximum Gasteiger partial charge on any atom is 0.243 e. The van der Waals surface area contributed by atoms with Crippen LogP contribution in [0.1, 0.15) is 37.0 Å². The van der Waals surface area contributed by atoms with Gasteiger partial charge in [0.1, 0.15) is 0 Å². The highest BCUT2D eigenvalue weighted by Crippen LogP contribution is 2.24. The summed E-state index contributed by atoms with van der Waals surface area (Å²) in [6.45, 7) is 11.4. The normalized spacial score (nSPS) is 17.2. The van der Waals surface area contributed by atoms with Gasteiger partial charge in [-0.05, 0) is 49.9 Å². The molecule has 0 radical (unpaired) electrons. The second kappa shape index (κ2) is 7.23. The van der Waals surface area contributed by atoms with E-state index in [1.165, 1.54) is 4.31 Å². The van der Waals surface area contributed by atoms with Gasteiger partial charge in [-0.25, -0.2) is 8.42 Å². The van der Waals surface area contributed by atoms with Crippen molar-refractivity contribution < 1.29 is 13.2 Å². The van der Waals surface area contributed by atoms with Gasteiger partial charge in [0.05, 0.1) is 4.90 Å². The zero-order valence-electron chi connectivity index (χ0n) is 15.3. The van der Waals surface area contributed by atoms with Crippen LogP contribution in [0.3, 0.4) is 0 Å². The summed E-state index contributed by atoms with van der Waals surface area (Å²) in [7, 11) is -3.53. The second-order valence-corrected chi connectivity index (χ2v) is 8.85. The van der Waals surface area contributed by atoms with Gasteiger partial charge in [0.25, 0.3) is 0 Å². The predicted octanol–water partition coefficient (Wildman–Crippen LogP) is 2.49. The summed E-state index contributed by atoms with van der Waals surface area (Å²) in [5.74, 6) is 0.0340. The van der Waals surface area contributed by atoms with Crippen LogP contribution < -0.4 is 0 Å². The van der Waals surface area contributed by atoms with Gasteiger partial charge in [0.2, 0.25) is 15.9 Å². The first-order valence-electron chi connectivity index (χ1n) is 8.51. The first kappa shape index (κ1) is 18.9. The van der Waals surface area contributed by atoms with Crippen molar-refractivity contribution in [2.45, 2.75) is 45.9 Å². The van der Waals surface area contributed by atoms with Crippen LogP contribution in [0.5, 0.6) is 0 Å². The molecule has 0 bridgehead atoms. The molecule has 0 spiro atoms. The highest BCUT2D eigenvalue weighted by Gasteiger charge is 2.30. The molecule has 0 aliphatic carbocycles. The molecular weight excluding hydrogens is 324 g/mol. The molecule has 1 aromatic carbocycles. The highest BCUT2D eigenvalue weighted by molar-refractivity contribution is 7.89. The monoisotopic (exact) mass is 352 g/mol. The standard InChI is InChI=1S/C18H28N2O3S/c1-13(2)18(21)19-7-6-8-20(10-9-19)24(22,23)17-12-15(4)14(3)11-16(17)5/h11-13H,6-10H2,1-5H3. The zero-order chi connectivity index (χ0) is 18.1. The van der Waals surface area contributed by atoms with Crippen molar-refractivity contribution in [2.24, 2.45) is 5.92 Å². The topological polar surface area (TPSA) is 57.7 Å². The highest BCUT2D eigenvalue weighted by atomic mass is 32.2. The Hall–Kier alpha value is -1.40. The number of hydrogen-bond donors (Lipinski definition) is 0. The van der Waals surface area contributed by atoms with E-state index >= 15 is 0 Å². The minimum absolute atomic E-state index is 0.0600. The fourth-order valence-electron chi connectivity index (χ4n) is 3.07. The van der Waals surface area contributed by atoms with Crippen molar-refractivity contribution in [2.75, 3.05) is 26.2 Å². The number of aryl methyl sites for hydroxylation is 3. The van der Waals surface area contributed by atoms with Gasteiger partial charge < -0.3 is 4.90 Å². The van der Waals surface area contributed by atoms with Gasteiger partial charge in [-0.1, -0.05) is 19.9 Å².